The summed E-state index contributed by atoms with van der Waals surface area (Å²) in [6.07, 6.45) is -0.650. The molecule has 1 aromatic heterocycles. The second kappa shape index (κ2) is 4.81. The molecular formula is C11H14F2N2O2. The molecule has 94 valence electrons. The molecular weight excluding hydrogens is 230 g/mol. The van der Waals surface area contributed by atoms with Crippen molar-refractivity contribution in [3.63, 3.8) is 0 Å². The van der Waals surface area contributed by atoms with Crippen molar-refractivity contribution in [2.75, 3.05) is 6.61 Å². The van der Waals surface area contributed by atoms with Crippen LogP contribution in [0.15, 0.2) is 6.07 Å². The van der Waals surface area contributed by atoms with Crippen LogP contribution in [0.25, 0.3) is 0 Å². The normalized spacial score (nSPS) is 15.3. The summed E-state index contributed by atoms with van der Waals surface area (Å²) in [4.78, 5) is 11.3. The Morgan fingerprint density at radius 3 is 2.88 bits per heavy atom. The van der Waals surface area contributed by atoms with Crippen molar-refractivity contribution < 1.29 is 18.3 Å². The topological polar surface area (TPSA) is 44.1 Å². The van der Waals surface area contributed by atoms with Crippen LogP contribution in [0.2, 0.25) is 0 Å². The van der Waals surface area contributed by atoms with Gasteiger partial charge in [-0.25, -0.2) is 8.78 Å². The third-order valence-electron chi connectivity index (χ3n) is 2.63. The Bertz CT molecular complexity index is 414. The average molecular weight is 244 g/mol. The van der Waals surface area contributed by atoms with E-state index < -0.39 is 12.4 Å². The number of esters is 1. The largest absolute Gasteiger partial charge is 0.465 e. The standard InChI is InChI=1S/C11H14F2N2O2/c1-2-17-10(16)6-15-9(11(12)13)5-8(14-15)7-3-4-7/h5,7,11H,2-4,6H2,1H3. The molecule has 1 aliphatic carbocycles. The van der Waals surface area contributed by atoms with Crippen molar-refractivity contribution >= 4 is 5.97 Å². The Kier molecular flexibility index (Phi) is 3.40. The molecule has 0 aliphatic heterocycles. The van der Waals surface area contributed by atoms with E-state index in [1.54, 1.807) is 6.92 Å². The number of carbonyl (C=O) groups is 1. The number of ether oxygens (including phenoxy) is 1. The number of hydrogen-bond acceptors (Lipinski definition) is 3. The van der Waals surface area contributed by atoms with Crippen LogP contribution >= 0.6 is 0 Å². The fourth-order valence-corrected chi connectivity index (χ4v) is 1.66. The first-order valence-electron chi connectivity index (χ1n) is 5.63. The summed E-state index contributed by atoms with van der Waals surface area (Å²) >= 11 is 0. The molecule has 6 heteroatoms. The molecule has 17 heavy (non-hydrogen) atoms. The first-order chi connectivity index (χ1) is 8.11. The monoisotopic (exact) mass is 244 g/mol. The van der Waals surface area contributed by atoms with E-state index in [0.29, 0.717) is 5.69 Å². The van der Waals surface area contributed by atoms with E-state index in [1.165, 1.54) is 6.07 Å². The van der Waals surface area contributed by atoms with Crippen LogP contribution in [-0.2, 0) is 16.1 Å². The first kappa shape index (κ1) is 12.0. The quantitative estimate of drug-likeness (QED) is 0.746. The zero-order valence-corrected chi connectivity index (χ0v) is 9.53. The fraction of sp³-hybridized carbons (Fsp3) is 0.636. The van der Waals surface area contributed by atoms with Crippen LogP contribution in [0.1, 0.15) is 43.5 Å². The lowest BCUT2D eigenvalue weighted by atomic mass is 10.3. The number of carbonyl (C=O) groups excluding carboxylic acids is 1. The molecule has 1 heterocycles. The predicted octanol–water partition coefficient (Wildman–Crippen LogP) is 2.26. The predicted molar refractivity (Wildman–Crippen MR) is 55.8 cm³/mol. The summed E-state index contributed by atoms with van der Waals surface area (Å²) in [7, 11) is 0. The smallest absolute Gasteiger partial charge is 0.327 e. The van der Waals surface area contributed by atoms with E-state index in [9.17, 15) is 13.6 Å². The summed E-state index contributed by atoms with van der Waals surface area (Å²) in [6.45, 7) is 1.66. The zero-order valence-electron chi connectivity index (χ0n) is 9.53. The molecule has 0 N–H and O–H groups in total. The summed E-state index contributed by atoms with van der Waals surface area (Å²) in [5.74, 6) is -0.254. The van der Waals surface area contributed by atoms with E-state index in [1.807, 2.05) is 0 Å². The Labute approximate surface area is 97.6 Å². The van der Waals surface area contributed by atoms with Crippen LogP contribution in [-0.4, -0.2) is 22.4 Å². The maximum Gasteiger partial charge on any atom is 0.327 e. The minimum atomic E-state index is -2.62. The van der Waals surface area contributed by atoms with Crippen LogP contribution in [0.3, 0.4) is 0 Å². The third kappa shape index (κ3) is 2.81. The maximum atomic E-state index is 12.7. The first-order valence-corrected chi connectivity index (χ1v) is 5.63. The highest BCUT2D eigenvalue weighted by atomic mass is 19.3. The van der Waals surface area contributed by atoms with Gasteiger partial charge in [-0.15, -0.1) is 0 Å². The Balaban J connectivity index is 2.15. The van der Waals surface area contributed by atoms with Gasteiger partial charge in [0.1, 0.15) is 12.2 Å². The third-order valence-corrected chi connectivity index (χ3v) is 2.63. The zero-order chi connectivity index (χ0) is 12.4. The Hall–Kier alpha value is -1.46. The molecule has 0 amide bonds. The van der Waals surface area contributed by atoms with Gasteiger partial charge in [-0.3, -0.25) is 9.48 Å². The van der Waals surface area contributed by atoms with Crippen molar-refractivity contribution in [3.05, 3.63) is 17.5 Å². The number of aromatic nitrogens is 2. The molecule has 1 aliphatic rings. The van der Waals surface area contributed by atoms with Crippen molar-refractivity contribution in [2.24, 2.45) is 0 Å². The van der Waals surface area contributed by atoms with Crippen LogP contribution in [0, 0.1) is 0 Å². The molecule has 1 aromatic rings. The second-order valence-electron chi connectivity index (χ2n) is 4.03. The van der Waals surface area contributed by atoms with E-state index >= 15 is 0 Å². The molecule has 0 unspecified atom stereocenters. The highest BCUT2D eigenvalue weighted by Gasteiger charge is 2.29. The fourth-order valence-electron chi connectivity index (χ4n) is 1.66. The summed E-state index contributed by atoms with van der Waals surface area (Å²) in [5, 5.41) is 4.05. The molecule has 1 fully saturated rings. The minimum absolute atomic E-state index is 0.208. The van der Waals surface area contributed by atoms with Gasteiger partial charge >= 0.3 is 5.97 Å². The molecule has 0 atom stereocenters. The lowest BCUT2D eigenvalue weighted by Gasteiger charge is -2.05. The van der Waals surface area contributed by atoms with Gasteiger partial charge in [0, 0.05) is 5.92 Å². The van der Waals surface area contributed by atoms with Gasteiger partial charge in [-0.1, -0.05) is 0 Å². The van der Waals surface area contributed by atoms with Gasteiger partial charge in [0.05, 0.1) is 12.3 Å². The number of nitrogens with zero attached hydrogens (tertiary/aromatic N) is 2. The number of alkyl halides is 2. The number of rotatable bonds is 5. The minimum Gasteiger partial charge on any atom is -0.465 e. The van der Waals surface area contributed by atoms with Crippen molar-refractivity contribution in [2.45, 2.75) is 38.7 Å². The van der Waals surface area contributed by atoms with Gasteiger partial charge in [0.2, 0.25) is 0 Å². The second-order valence-corrected chi connectivity index (χ2v) is 4.03. The van der Waals surface area contributed by atoms with Gasteiger partial charge in [0.25, 0.3) is 6.43 Å². The van der Waals surface area contributed by atoms with E-state index in [0.717, 1.165) is 17.5 Å². The molecule has 0 radical (unpaired) electrons. The number of hydrogen-bond donors (Lipinski definition) is 0. The van der Waals surface area contributed by atoms with Crippen molar-refractivity contribution in [3.8, 4) is 0 Å². The Morgan fingerprint density at radius 2 is 2.35 bits per heavy atom. The lowest BCUT2D eigenvalue weighted by Crippen LogP contribution is -2.16. The van der Waals surface area contributed by atoms with E-state index in [2.05, 4.69) is 5.10 Å². The Morgan fingerprint density at radius 1 is 1.65 bits per heavy atom. The SMILES string of the molecule is CCOC(=O)Cn1nc(C2CC2)cc1C(F)F. The van der Waals surface area contributed by atoms with E-state index in [4.69, 9.17) is 4.74 Å². The molecule has 0 bridgehead atoms. The van der Waals surface area contributed by atoms with Crippen molar-refractivity contribution in [1.82, 2.24) is 9.78 Å². The van der Waals surface area contributed by atoms with Crippen LogP contribution in [0.5, 0.6) is 0 Å². The van der Waals surface area contributed by atoms with Gasteiger partial charge in [0.15, 0.2) is 0 Å². The molecule has 2 rings (SSSR count). The summed E-state index contributed by atoms with van der Waals surface area (Å²) in [6, 6.07) is 1.39. The summed E-state index contributed by atoms with van der Waals surface area (Å²) < 4.78 is 31.3. The van der Waals surface area contributed by atoms with E-state index in [-0.39, 0.29) is 24.8 Å². The number of halogens is 2. The maximum absolute atomic E-state index is 12.7. The summed E-state index contributed by atoms with van der Waals surface area (Å²) in [5.41, 5.74) is 0.449. The molecule has 0 aromatic carbocycles. The van der Waals surface area contributed by atoms with Gasteiger partial charge < -0.3 is 4.74 Å². The van der Waals surface area contributed by atoms with Crippen LogP contribution < -0.4 is 0 Å². The van der Waals surface area contributed by atoms with Gasteiger partial charge in [-0.2, -0.15) is 5.10 Å². The van der Waals surface area contributed by atoms with Gasteiger partial charge in [-0.05, 0) is 25.8 Å². The molecule has 0 spiro atoms. The highest BCUT2D eigenvalue weighted by Crippen LogP contribution is 2.40. The highest BCUT2D eigenvalue weighted by molar-refractivity contribution is 5.69. The molecule has 0 saturated heterocycles. The molecule has 1 saturated carbocycles. The average Bonchev–Trinajstić information content (AvgIpc) is 3.01. The molecule has 4 nitrogen and oxygen atoms in total. The van der Waals surface area contributed by atoms with Crippen molar-refractivity contribution in [1.29, 1.82) is 0 Å². The van der Waals surface area contributed by atoms with Crippen LogP contribution in [0.4, 0.5) is 8.78 Å². The lowest BCUT2D eigenvalue weighted by molar-refractivity contribution is -0.144.